The summed E-state index contributed by atoms with van der Waals surface area (Å²) in [5.74, 6) is 3.51. The zero-order valence-corrected chi connectivity index (χ0v) is 18.0. The fraction of sp³-hybridized carbons (Fsp3) is 0.522. The van der Waals surface area contributed by atoms with Crippen molar-refractivity contribution in [2.45, 2.75) is 50.8 Å². The molecule has 3 heterocycles. The van der Waals surface area contributed by atoms with Crippen LogP contribution in [0.25, 0.3) is 0 Å². The Labute approximate surface area is 176 Å². The summed E-state index contributed by atoms with van der Waals surface area (Å²) in [6.45, 7) is 5.09. The highest BCUT2D eigenvalue weighted by molar-refractivity contribution is 7.99. The van der Waals surface area contributed by atoms with Gasteiger partial charge in [-0.15, -0.1) is 0 Å². The molecular weight excluding hydrogens is 384 g/mol. The zero-order valence-electron chi connectivity index (χ0n) is 17.2. The van der Waals surface area contributed by atoms with Crippen molar-refractivity contribution < 1.29 is 14.3 Å². The third kappa shape index (κ3) is 4.11. The number of piperidine rings is 1. The Kier molecular flexibility index (Phi) is 6.04. The summed E-state index contributed by atoms with van der Waals surface area (Å²) < 4.78 is 5.55. The van der Waals surface area contributed by atoms with Gasteiger partial charge in [0.1, 0.15) is 11.5 Å². The Balaban J connectivity index is 1.60. The van der Waals surface area contributed by atoms with Crippen LogP contribution in [0, 0.1) is 13.8 Å². The lowest BCUT2D eigenvalue weighted by Gasteiger charge is -2.49. The number of carbonyl (C=O) groups is 1. The molecular formula is C23H30N2O3S. The summed E-state index contributed by atoms with van der Waals surface area (Å²) in [4.78, 5) is 15.6. The molecule has 2 saturated heterocycles. The number of likely N-dealkylation sites (tertiary alicyclic amines) is 1. The summed E-state index contributed by atoms with van der Waals surface area (Å²) in [5.41, 5.74) is 0.699. The van der Waals surface area contributed by atoms with Gasteiger partial charge in [-0.2, -0.15) is 11.8 Å². The van der Waals surface area contributed by atoms with Gasteiger partial charge < -0.3 is 14.8 Å². The van der Waals surface area contributed by atoms with Crippen molar-refractivity contribution in [2.24, 2.45) is 0 Å². The fourth-order valence-electron chi connectivity index (χ4n) is 4.75. The highest BCUT2D eigenvalue weighted by atomic mass is 32.2. The van der Waals surface area contributed by atoms with E-state index in [-0.39, 0.29) is 5.91 Å². The topological polar surface area (TPSA) is 65.7 Å². The molecule has 29 heavy (non-hydrogen) atoms. The van der Waals surface area contributed by atoms with Gasteiger partial charge in [-0.3, -0.25) is 9.69 Å². The average molecular weight is 415 g/mol. The zero-order chi connectivity index (χ0) is 20.4. The largest absolute Gasteiger partial charge is 0.466 e. The SMILES string of the molecule is Cc1cc(C(=O)N[C@]2(c3ccccc3)CCN(C3CCSCC3)C[C@H]2O)c(C)o1. The predicted octanol–water partition coefficient (Wildman–Crippen LogP) is 3.48. The van der Waals surface area contributed by atoms with Gasteiger partial charge in [-0.25, -0.2) is 0 Å². The van der Waals surface area contributed by atoms with Crippen LogP contribution in [0.5, 0.6) is 0 Å². The highest BCUT2D eigenvalue weighted by Crippen LogP contribution is 2.36. The lowest BCUT2D eigenvalue weighted by atomic mass is 9.77. The van der Waals surface area contributed by atoms with Gasteiger partial charge in [0.05, 0.1) is 17.2 Å². The Hall–Kier alpha value is -1.76. The maximum Gasteiger partial charge on any atom is 0.255 e. The van der Waals surface area contributed by atoms with Crippen LogP contribution in [0.4, 0.5) is 0 Å². The van der Waals surface area contributed by atoms with Crippen molar-refractivity contribution >= 4 is 17.7 Å². The Morgan fingerprint density at radius 2 is 1.97 bits per heavy atom. The number of nitrogens with one attached hydrogen (secondary N) is 1. The quantitative estimate of drug-likeness (QED) is 0.802. The van der Waals surface area contributed by atoms with Gasteiger partial charge in [-0.05, 0) is 56.2 Å². The number of rotatable bonds is 4. The van der Waals surface area contributed by atoms with Crippen LogP contribution in [0.3, 0.4) is 0 Å². The number of amides is 1. The number of thioether (sulfide) groups is 1. The molecule has 156 valence electrons. The van der Waals surface area contributed by atoms with Gasteiger partial charge in [-0.1, -0.05) is 30.3 Å². The standard InChI is InChI=1S/C23H30N2O3S/c1-16-14-20(17(2)28-16)22(27)24-23(18-6-4-3-5-7-18)10-11-25(15-21(23)26)19-8-12-29-13-9-19/h3-7,14,19,21,26H,8-13,15H2,1-2H3,(H,24,27)/t21-,23+/m1/s1. The van der Waals surface area contributed by atoms with E-state index in [9.17, 15) is 9.90 Å². The predicted molar refractivity (Wildman–Crippen MR) is 116 cm³/mol. The van der Waals surface area contributed by atoms with Crippen LogP contribution in [0.2, 0.25) is 0 Å². The molecule has 0 radical (unpaired) electrons. The first kappa shape index (κ1) is 20.5. The molecule has 2 aliphatic rings. The van der Waals surface area contributed by atoms with Crippen LogP contribution in [-0.2, 0) is 5.54 Å². The lowest BCUT2D eigenvalue weighted by molar-refractivity contribution is -0.0302. The summed E-state index contributed by atoms with van der Waals surface area (Å²) in [6, 6.07) is 12.2. The Morgan fingerprint density at radius 1 is 1.24 bits per heavy atom. The van der Waals surface area contributed by atoms with Gasteiger partial charge in [0.15, 0.2) is 0 Å². The molecule has 0 spiro atoms. The summed E-state index contributed by atoms with van der Waals surface area (Å²) in [5, 5.41) is 14.6. The van der Waals surface area contributed by atoms with Crippen molar-refractivity contribution in [3.63, 3.8) is 0 Å². The molecule has 2 fully saturated rings. The van der Waals surface area contributed by atoms with Crippen molar-refractivity contribution in [1.82, 2.24) is 10.2 Å². The Bertz CT molecular complexity index is 847. The van der Waals surface area contributed by atoms with E-state index in [1.165, 1.54) is 24.3 Å². The molecule has 0 unspecified atom stereocenters. The van der Waals surface area contributed by atoms with E-state index in [1.54, 1.807) is 13.0 Å². The van der Waals surface area contributed by atoms with E-state index in [1.807, 2.05) is 49.0 Å². The molecule has 2 aliphatic heterocycles. The smallest absolute Gasteiger partial charge is 0.255 e. The number of carbonyl (C=O) groups excluding carboxylic acids is 1. The van der Waals surface area contributed by atoms with Crippen molar-refractivity contribution in [3.05, 3.63) is 59.0 Å². The summed E-state index contributed by atoms with van der Waals surface area (Å²) in [7, 11) is 0. The Morgan fingerprint density at radius 3 is 2.59 bits per heavy atom. The van der Waals surface area contributed by atoms with Gasteiger partial charge in [0.25, 0.3) is 5.91 Å². The van der Waals surface area contributed by atoms with Gasteiger partial charge in [0, 0.05) is 19.1 Å². The maximum atomic E-state index is 13.2. The van der Waals surface area contributed by atoms with Gasteiger partial charge in [0.2, 0.25) is 0 Å². The summed E-state index contributed by atoms with van der Waals surface area (Å²) >= 11 is 2.01. The minimum Gasteiger partial charge on any atom is -0.466 e. The molecule has 2 atom stereocenters. The monoisotopic (exact) mass is 414 g/mol. The van der Waals surface area contributed by atoms with E-state index in [0.29, 0.717) is 36.1 Å². The molecule has 1 amide bonds. The third-order valence-corrected chi connectivity index (χ3v) is 7.44. The normalized spacial score (nSPS) is 26.4. The van der Waals surface area contributed by atoms with Crippen LogP contribution in [0.15, 0.2) is 40.8 Å². The third-order valence-electron chi connectivity index (χ3n) is 6.39. The minimum absolute atomic E-state index is 0.190. The number of benzene rings is 1. The molecule has 2 aromatic rings. The second-order valence-corrected chi connectivity index (χ2v) is 9.45. The van der Waals surface area contributed by atoms with E-state index < -0.39 is 11.6 Å². The molecule has 1 aromatic carbocycles. The van der Waals surface area contributed by atoms with Crippen molar-refractivity contribution in [1.29, 1.82) is 0 Å². The van der Waals surface area contributed by atoms with E-state index in [2.05, 4.69) is 10.2 Å². The minimum atomic E-state index is -0.796. The first-order chi connectivity index (χ1) is 14.0. The van der Waals surface area contributed by atoms with Crippen LogP contribution >= 0.6 is 11.8 Å². The molecule has 6 heteroatoms. The number of hydrogen-bond donors (Lipinski definition) is 2. The number of β-amino-alcohol motifs (C(OH)–C–C–N with tert-alkyl or cyclic N) is 1. The molecule has 0 bridgehead atoms. The molecule has 0 aliphatic carbocycles. The second kappa shape index (κ2) is 8.54. The molecule has 1 aromatic heterocycles. The molecule has 0 saturated carbocycles. The van der Waals surface area contributed by atoms with E-state index in [0.717, 1.165) is 12.1 Å². The number of furan rings is 1. The lowest BCUT2D eigenvalue weighted by Crippen LogP contribution is -2.63. The maximum absolute atomic E-state index is 13.2. The van der Waals surface area contributed by atoms with Gasteiger partial charge >= 0.3 is 0 Å². The highest BCUT2D eigenvalue weighted by Gasteiger charge is 2.46. The molecule has 5 nitrogen and oxygen atoms in total. The number of aliphatic hydroxyl groups is 1. The fourth-order valence-corrected chi connectivity index (χ4v) is 5.84. The van der Waals surface area contributed by atoms with E-state index in [4.69, 9.17) is 4.42 Å². The number of hydrogen-bond acceptors (Lipinski definition) is 5. The first-order valence-corrected chi connectivity index (χ1v) is 11.6. The summed E-state index contributed by atoms with van der Waals surface area (Å²) in [6.07, 6.45) is 2.36. The second-order valence-electron chi connectivity index (χ2n) is 8.22. The average Bonchev–Trinajstić information content (AvgIpc) is 3.09. The number of nitrogens with zero attached hydrogens (tertiary/aromatic N) is 1. The van der Waals surface area contributed by atoms with Crippen LogP contribution < -0.4 is 5.32 Å². The number of aliphatic hydroxyl groups excluding tert-OH is 1. The number of aryl methyl sites for hydroxylation is 2. The van der Waals surface area contributed by atoms with Crippen molar-refractivity contribution in [2.75, 3.05) is 24.6 Å². The van der Waals surface area contributed by atoms with Crippen LogP contribution in [0.1, 0.15) is 46.7 Å². The molecule has 4 rings (SSSR count). The first-order valence-electron chi connectivity index (χ1n) is 10.4. The van der Waals surface area contributed by atoms with Crippen molar-refractivity contribution in [3.8, 4) is 0 Å². The van der Waals surface area contributed by atoms with Crippen LogP contribution in [-0.4, -0.2) is 52.7 Å². The van der Waals surface area contributed by atoms with E-state index >= 15 is 0 Å². The molecule has 2 N–H and O–H groups in total.